The monoisotopic (exact) mass is 227 g/mol. The number of alkyl halides is 1. The fourth-order valence-corrected chi connectivity index (χ4v) is 1.03. The highest BCUT2D eigenvalue weighted by Crippen LogP contribution is 2.05. The topological polar surface area (TPSA) is 26.0 Å². The normalized spacial score (nSPS) is 13.9. The molecule has 0 spiro atoms. The highest BCUT2D eigenvalue weighted by atomic mass is 127. The molecule has 8 heavy (non-hydrogen) atoms. The molecule has 0 aliphatic carbocycles. The van der Waals surface area contributed by atoms with Crippen molar-refractivity contribution in [3.05, 3.63) is 0 Å². The molecule has 0 rings (SSSR count). The summed E-state index contributed by atoms with van der Waals surface area (Å²) in [5, 5.41) is 0. The molecule has 0 aromatic heterocycles. The van der Waals surface area contributed by atoms with Crippen LogP contribution in [0.5, 0.6) is 0 Å². The van der Waals surface area contributed by atoms with Crippen molar-refractivity contribution >= 4 is 22.6 Å². The van der Waals surface area contributed by atoms with Gasteiger partial charge in [0.1, 0.15) is 0 Å². The van der Waals surface area contributed by atoms with Crippen LogP contribution in [-0.2, 0) is 0 Å². The first-order valence-corrected chi connectivity index (χ1v) is 4.41. The molecule has 0 aromatic carbocycles. The number of hydrogen-bond donors (Lipinski definition) is 1. The quantitative estimate of drug-likeness (QED) is 0.339. The third-order valence-electron chi connectivity index (χ3n) is 1.08. The van der Waals surface area contributed by atoms with Gasteiger partial charge >= 0.3 is 0 Å². The van der Waals surface area contributed by atoms with E-state index in [1.807, 2.05) is 0 Å². The zero-order chi connectivity index (χ0) is 6.41. The lowest BCUT2D eigenvalue weighted by Crippen LogP contribution is -2.09. The molecule has 2 heteroatoms. The number of hydrogen-bond acceptors (Lipinski definition) is 1. The highest BCUT2D eigenvalue weighted by molar-refractivity contribution is 14.1. The zero-order valence-electron chi connectivity index (χ0n) is 5.36. The van der Waals surface area contributed by atoms with E-state index in [0.29, 0.717) is 4.05 Å². The predicted octanol–water partition coefficient (Wildman–Crippen LogP) is 2.29. The Bertz CT molecular complexity index is 45.8. The van der Waals surface area contributed by atoms with Crippen LogP contribution in [0.2, 0.25) is 0 Å². The molecule has 0 aromatic rings. The maximum atomic E-state index is 5.52. The Balaban J connectivity index is 2.72. The van der Waals surface area contributed by atoms with E-state index in [9.17, 15) is 0 Å². The second-order valence-electron chi connectivity index (χ2n) is 2.01. The smallest absolute Gasteiger partial charge is 0.0568 e. The first-order chi connectivity index (χ1) is 3.77. The molecule has 1 nitrogen and oxygen atoms in total. The van der Waals surface area contributed by atoms with Crippen LogP contribution in [0, 0.1) is 0 Å². The molecular weight excluding hydrogens is 213 g/mol. The van der Waals surface area contributed by atoms with Crippen molar-refractivity contribution < 1.29 is 0 Å². The number of halogens is 1. The van der Waals surface area contributed by atoms with Crippen molar-refractivity contribution in [2.45, 2.75) is 36.7 Å². The third kappa shape index (κ3) is 6.69. The molecular formula is C6H14IN. The van der Waals surface area contributed by atoms with Gasteiger partial charge in [-0.3, -0.25) is 0 Å². The van der Waals surface area contributed by atoms with E-state index >= 15 is 0 Å². The second kappa shape index (κ2) is 5.82. The van der Waals surface area contributed by atoms with Crippen LogP contribution in [0.4, 0.5) is 0 Å². The minimum atomic E-state index is 0.374. The maximum absolute atomic E-state index is 5.52. The minimum Gasteiger partial charge on any atom is -0.320 e. The Labute approximate surface area is 65.2 Å². The van der Waals surface area contributed by atoms with Crippen LogP contribution in [0.25, 0.3) is 0 Å². The Kier molecular flexibility index (Phi) is 6.32. The lowest BCUT2D eigenvalue weighted by molar-refractivity contribution is 0.665. The second-order valence-corrected chi connectivity index (χ2v) is 3.61. The van der Waals surface area contributed by atoms with Crippen molar-refractivity contribution in [3.8, 4) is 0 Å². The molecule has 0 heterocycles. The van der Waals surface area contributed by atoms with E-state index < -0.39 is 0 Å². The van der Waals surface area contributed by atoms with Gasteiger partial charge in [0.05, 0.1) is 4.05 Å². The molecule has 0 saturated carbocycles. The van der Waals surface area contributed by atoms with Gasteiger partial charge in [-0.05, 0) is 6.42 Å². The number of rotatable bonds is 4. The van der Waals surface area contributed by atoms with Gasteiger partial charge in [-0.15, -0.1) is 0 Å². The van der Waals surface area contributed by atoms with Gasteiger partial charge in [0.25, 0.3) is 0 Å². The molecule has 0 saturated heterocycles. The highest BCUT2D eigenvalue weighted by Gasteiger charge is 1.92. The van der Waals surface area contributed by atoms with E-state index in [1.165, 1.54) is 25.7 Å². The van der Waals surface area contributed by atoms with Crippen molar-refractivity contribution in [2.24, 2.45) is 5.73 Å². The maximum Gasteiger partial charge on any atom is 0.0568 e. The van der Waals surface area contributed by atoms with Crippen LogP contribution in [0.15, 0.2) is 0 Å². The summed E-state index contributed by atoms with van der Waals surface area (Å²) in [5.41, 5.74) is 5.52. The molecule has 0 amide bonds. The van der Waals surface area contributed by atoms with Crippen LogP contribution in [0.3, 0.4) is 0 Å². The van der Waals surface area contributed by atoms with Crippen molar-refractivity contribution in [3.63, 3.8) is 0 Å². The summed E-state index contributed by atoms with van der Waals surface area (Å²) in [7, 11) is 0. The van der Waals surface area contributed by atoms with Gasteiger partial charge in [-0.2, -0.15) is 0 Å². The van der Waals surface area contributed by atoms with Crippen LogP contribution in [-0.4, -0.2) is 4.05 Å². The molecule has 0 fully saturated rings. The number of unbranched alkanes of at least 4 members (excludes halogenated alkanes) is 2. The average molecular weight is 227 g/mol. The molecule has 0 bridgehead atoms. The molecule has 2 N–H and O–H groups in total. The molecule has 0 aliphatic rings. The van der Waals surface area contributed by atoms with Gasteiger partial charge in [-0.1, -0.05) is 48.8 Å². The van der Waals surface area contributed by atoms with E-state index in [2.05, 4.69) is 29.5 Å². The van der Waals surface area contributed by atoms with E-state index in [-0.39, 0.29) is 0 Å². The van der Waals surface area contributed by atoms with Crippen LogP contribution >= 0.6 is 22.6 Å². The fourth-order valence-electron chi connectivity index (χ4n) is 0.589. The minimum absolute atomic E-state index is 0.374. The first kappa shape index (κ1) is 8.69. The summed E-state index contributed by atoms with van der Waals surface area (Å²) >= 11 is 2.26. The summed E-state index contributed by atoms with van der Waals surface area (Å²) in [6.07, 6.45) is 5.09. The van der Waals surface area contributed by atoms with E-state index in [4.69, 9.17) is 5.73 Å². The summed E-state index contributed by atoms with van der Waals surface area (Å²) in [4.78, 5) is 0. The van der Waals surface area contributed by atoms with Gasteiger partial charge < -0.3 is 5.73 Å². The van der Waals surface area contributed by atoms with Gasteiger partial charge in [0, 0.05) is 0 Å². The molecule has 1 atom stereocenters. The molecule has 50 valence electrons. The van der Waals surface area contributed by atoms with E-state index in [1.54, 1.807) is 0 Å². The molecule has 1 unspecified atom stereocenters. The molecule has 0 radical (unpaired) electrons. The zero-order valence-corrected chi connectivity index (χ0v) is 7.52. The van der Waals surface area contributed by atoms with Crippen molar-refractivity contribution in [1.29, 1.82) is 0 Å². The summed E-state index contributed by atoms with van der Waals surface area (Å²) < 4.78 is 0.374. The Morgan fingerprint density at radius 3 is 2.50 bits per heavy atom. The summed E-state index contributed by atoms with van der Waals surface area (Å²) in [5.74, 6) is 0. The standard InChI is InChI=1S/C6H14IN/c1-2-3-4-5-6(7)8/h6H,2-5,8H2,1H3. The SMILES string of the molecule is CCCCCC(N)I. The Morgan fingerprint density at radius 1 is 1.50 bits per heavy atom. The fraction of sp³-hybridized carbons (Fsp3) is 1.00. The van der Waals surface area contributed by atoms with Gasteiger partial charge in [-0.25, -0.2) is 0 Å². The van der Waals surface area contributed by atoms with Crippen molar-refractivity contribution in [2.75, 3.05) is 0 Å². The predicted molar refractivity (Wildman–Crippen MR) is 46.1 cm³/mol. The largest absolute Gasteiger partial charge is 0.320 e. The van der Waals surface area contributed by atoms with Crippen LogP contribution in [0.1, 0.15) is 32.6 Å². The van der Waals surface area contributed by atoms with Gasteiger partial charge in [0.15, 0.2) is 0 Å². The van der Waals surface area contributed by atoms with Gasteiger partial charge in [0.2, 0.25) is 0 Å². The number of nitrogens with two attached hydrogens (primary N) is 1. The van der Waals surface area contributed by atoms with Crippen LogP contribution < -0.4 is 5.73 Å². The van der Waals surface area contributed by atoms with Crippen molar-refractivity contribution in [1.82, 2.24) is 0 Å². The molecule has 0 aliphatic heterocycles. The first-order valence-electron chi connectivity index (χ1n) is 3.17. The summed E-state index contributed by atoms with van der Waals surface area (Å²) in [6, 6.07) is 0. The average Bonchev–Trinajstić information content (AvgIpc) is 1.66. The lowest BCUT2D eigenvalue weighted by Gasteiger charge is -1.99. The third-order valence-corrected chi connectivity index (χ3v) is 1.71. The Hall–Kier alpha value is 0.690. The lowest BCUT2D eigenvalue weighted by atomic mass is 10.2. The Morgan fingerprint density at radius 2 is 2.12 bits per heavy atom. The van der Waals surface area contributed by atoms with E-state index in [0.717, 1.165) is 0 Å². The summed E-state index contributed by atoms with van der Waals surface area (Å²) in [6.45, 7) is 2.21.